The van der Waals surface area contributed by atoms with E-state index in [-0.39, 0.29) is 24.4 Å². The third-order valence-corrected chi connectivity index (χ3v) is 4.79. The summed E-state index contributed by atoms with van der Waals surface area (Å²) in [7, 11) is 0. The molecule has 2 fully saturated rings. The molecular weight excluding hydrogens is 320 g/mol. The van der Waals surface area contributed by atoms with Crippen LogP contribution in [0.25, 0.3) is 0 Å². The summed E-state index contributed by atoms with van der Waals surface area (Å²) in [5, 5.41) is 2.89. The number of nitrogens with zero attached hydrogens (tertiary/aromatic N) is 2. The third-order valence-electron chi connectivity index (χ3n) is 4.79. The van der Waals surface area contributed by atoms with E-state index in [1.165, 1.54) is 5.56 Å². The lowest BCUT2D eigenvalue weighted by atomic mass is 10.2. The first-order valence-electron chi connectivity index (χ1n) is 8.84. The van der Waals surface area contributed by atoms with Gasteiger partial charge in [0, 0.05) is 25.3 Å². The normalized spacial score (nSPS) is 22.0. The predicted molar refractivity (Wildman–Crippen MR) is 95.0 cm³/mol. The maximum atomic E-state index is 12.2. The van der Waals surface area contributed by atoms with Crippen molar-refractivity contribution in [2.75, 3.05) is 44.7 Å². The van der Waals surface area contributed by atoms with Gasteiger partial charge < -0.3 is 15.8 Å². The average molecular weight is 346 g/mol. The molecule has 1 unspecified atom stereocenters. The topological polar surface area (TPSA) is 87.9 Å². The number of amides is 2. The first-order chi connectivity index (χ1) is 12.1. The molecule has 7 nitrogen and oxygen atoms in total. The van der Waals surface area contributed by atoms with Gasteiger partial charge in [-0.2, -0.15) is 0 Å². The van der Waals surface area contributed by atoms with E-state index in [1.54, 1.807) is 0 Å². The third kappa shape index (κ3) is 5.01. The number of ether oxygens (including phenoxy) is 1. The fourth-order valence-corrected chi connectivity index (χ4v) is 3.43. The van der Waals surface area contributed by atoms with Crippen LogP contribution in [0, 0.1) is 0 Å². The first-order valence-corrected chi connectivity index (χ1v) is 8.84. The van der Waals surface area contributed by atoms with Crippen LogP contribution in [0.3, 0.4) is 0 Å². The molecule has 0 bridgehead atoms. The van der Waals surface area contributed by atoms with Crippen molar-refractivity contribution in [2.24, 2.45) is 5.73 Å². The Labute approximate surface area is 148 Å². The minimum absolute atomic E-state index is 0.117. The summed E-state index contributed by atoms with van der Waals surface area (Å²) in [4.78, 5) is 27.8. The number of nitrogens with one attached hydrogen (secondary N) is 1. The molecule has 0 aliphatic carbocycles. The van der Waals surface area contributed by atoms with E-state index < -0.39 is 0 Å². The molecule has 136 valence electrons. The molecule has 25 heavy (non-hydrogen) atoms. The molecule has 1 aromatic carbocycles. The van der Waals surface area contributed by atoms with E-state index in [0.29, 0.717) is 0 Å². The average Bonchev–Trinajstić information content (AvgIpc) is 3.06. The summed E-state index contributed by atoms with van der Waals surface area (Å²) in [6.45, 7) is 5.31. The van der Waals surface area contributed by atoms with Crippen molar-refractivity contribution >= 4 is 17.5 Å². The number of anilines is 1. The SMILES string of the molecule is NC(=O)C1CCCN1CC(=O)Nc1ccc(CN2CCOCC2)cc1. The molecule has 1 atom stereocenters. The predicted octanol–water partition coefficient (Wildman–Crippen LogP) is 0.407. The number of morpholine rings is 1. The fraction of sp³-hybridized carbons (Fsp3) is 0.556. The molecule has 0 spiro atoms. The summed E-state index contributed by atoms with van der Waals surface area (Å²) < 4.78 is 5.36. The molecule has 7 heteroatoms. The minimum Gasteiger partial charge on any atom is -0.379 e. The molecule has 0 aromatic heterocycles. The summed E-state index contributed by atoms with van der Waals surface area (Å²) in [5.74, 6) is -0.466. The van der Waals surface area contributed by atoms with E-state index in [1.807, 2.05) is 29.2 Å². The highest BCUT2D eigenvalue weighted by Gasteiger charge is 2.30. The number of hydrogen-bond donors (Lipinski definition) is 2. The Bertz CT molecular complexity index is 599. The van der Waals surface area contributed by atoms with Crippen molar-refractivity contribution in [3.8, 4) is 0 Å². The number of hydrogen-bond acceptors (Lipinski definition) is 5. The van der Waals surface area contributed by atoms with Crippen LogP contribution < -0.4 is 11.1 Å². The molecule has 3 N–H and O–H groups in total. The number of carbonyl (C=O) groups excluding carboxylic acids is 2. The van der Waals surface area contributed by atoms with Gasteiger partial charge in [-0.15, -0.1) is 0 Å². The van der Waals surface area contributed by atoms with Gasteiger partial charge in [0.1, 0.15) is 0 Å². The summed E-state index contributed by atoms with van der Waals surface area (Å²) in [6.07, 6.45) is 1.63. The van der Waals surface area contributed by atoms with Gasteiger partial charge in [0.15, 0.2) is 0 Å². The number of carbonyl (C=O) groups is 2. The van der Waals surface area contributed by atoms with Crippen molar-refractivity contribution < 1.29 is 14.3 Å². The van der Waals surface area contributed by atoms with Gasteiger partial charge in [-0.25, -0.2) is 0 Å². The second kappa shape index (κ2) is 8.42. The van der Waals surface area contributed by atoms with Crippen LogP contribution in [0.1, 0.15) is 18.4 Å². The molecular formula is C18H26N4O3. The van der Waals surface area contributed by atoms with Crippen LogP contribution >= 0.6 is 0 Å². The largest absolute Gasteiger partial charge is 0.379 e. The number of likely N-dealkylation sites (tertiary alicyclic amines) is 1. The molecule has 3 rings (SSSR count). The molecule has 2 amide bonds. The van der Waals surface area contributed by atoms with Crippen molar-refractivity contribution in [1.82, 2.24) is 9.80 Å². The van der Waals surface area contributed by atoms with Gasteiger partial charge in [-0.3, -0.25) is 19.4 Å². The monoisotopic (exact) mass is 346 g/mol. The smallest absolute Gasteiger partial charge is 0.238 e. The Morgan fingerprint density at radius 1 is 1.16 bits per heavy atom. The molecule has 1 aromatic rings. The lowest BCUT2D eigenvalue weighted by Gasteiger charge is -2.26. The van der Waals surface area contributed by atoms with Crippen LogP contribution in [-0.2, 0) is 20.9 Å². The maximum Gasteiger partial charge on any atom is 0.238 e. The molecule has 2 aliphatic rings. The van der Waals surface area contributed by atoms with Crippen LogP contribution in [-0.4, -0.2) is 67.0 Å². The number of benzene rings is 1. The highest BCUT2D eigenvalue weighted by molar-refractivity contribution is 5.92. The van der Waals surface area contributed by atoms with Gasteiger partial charge in [-0.1, -0.05) is 12.1 Å². The highest BCUT2D eigenvalue weighted by Crippen LogP contribution is 2.17. The highest BCUT2D eigenvalue weighted by atomic mass is 16.5. The molecule has 0 saturated carbocycles. The van der Waals surface area contributed by atoms with Crippen LogP contribution in [0.2, 0.25) is 0 Å². The molecule has 2 aliphatic heterocycles. The van der Waals surface area contributed by atoms with Crippen LogP contribution in [0.4, 0.5) is 5.69 Å². The van der Waals surface area contributed by atoms with Gasteiger partial charge in [0.2, 0.25) is 11.8 Å². The minimum atomic E-state index is -0.349. The summed E-state index contributed by atoms with van der Waals surface area (Å²) in [5.41, 5.74) is 7.37. The second-order valence-corrected chi connectivity index (χ2v) is 6.66. The van der Waals surface area contributed by atoms with Crippen molar-refractivity contribution in [3.63, 3.8) is 0 Å². The molecule has 2 saturated heterocycles. The lowest BCUT2D eigenvalue weighted by molar-refractivity contribution is -0.123. The zero-order valence-corrected chi connectivity index (χ0v) is 14.4. The number of rotatable bonds is 6. The van der Waals surface area contributed by atoms with Crippen molar-refractivity contribution in [2.45, 2.75) is 25.4 Å². The zero-order chi connectivity index (χ0) is 17.6. The zero-order valence-electron chi connectivity index (χ0n) is 14.4. The van der Waals surface area contributed by atoms with Crippen molar-refractivity contribution in [3.05, 3.63) is 29.8 Å². The van der Waals surface area contributed by atoms with Gasteiger partial charge in [-0.05, 0) is 37.1 Å². The Balaban J connectivity index is 1.49. The Morgan fingerprint density at radius 2 is 1.88 bits per heavy atom. The standard InChI is InChI=1S/C18H26N4O3/c19-18(24)16-2-1-7-22(16)13-17(23)20-15-5-3-14(4-6-15)12-21-8-10-25-11-9-21/h3-6,16H,1-2,7-13H2,(H2,19,24)(H,20,23). The number of primary amides is 1. The lowest BCUT2D eigenvalue weighted by Crippen LogP contribution is -2.43. The van der Waals surface area contributed by atoms with E-state index in [4.69, 9.17) is 10.5 Å². The number of nitrogens with two attached hydrogens (primary N) is 1. The maximum absolute atomic E-state index is 12.2. The fourth-order valence-electron chi connectivity index (χ4n) is 3.43. The molecule has 2 heterocycles. The Hall–Kier alpha value is -1.96. The molecule has 0 radical (unpaired) electrons. The Kier molecular flexibility index (Phi) is 6.01. The second-order valence-electron chi connectivity index (χ2n) is 6.66. The van der Waals surface area contributed by atoms with Crippen LogP contribution in [0.15, 0.2) is 24.3 Å². The van der Waals surface area contributed by atoms with E-state index >= 15 is 0 Å². The van der Waals surface area contributed by atoms with E-state index in [0.717, 1.165) is 57.9 Å². The summed E-state index contributed by atoms with van der Waals surface area (Å²) >= 11 is 0. The Morgan fingerprint density at radius 3 is 2.56 bits per heavy atom. The van der Waals surface area contributed by atoms with Gasteiger partial charge in [0.05, 0.1) is 25.8 Å². The van der Waals surface area contributed by atoms with E-state index in [9.17, 15) is 9.59 Å². The van der Waals surface area contributed by atoms with Gasteiger partial charge in [0.25, 0.3) is 0 Å². The first kappa shape index (κ1) is 17.8. The van der Waals surface area contributed by atoms with E-state index in [2.05, 4.69) is 10.2 Å². The summed E-state index contributed by atoms with van der Waals surface area (Å²) in [6, 6.07) is 7.59. The quantitative estimate of drug-likeness (QED) is 0.779. The van der Waals surface area contributed by atoms with Crippen LogP contribution in [0.5, 0.6) is 0 Å². The van der Waals surface area contributed by atoms with Crippen molar-refractivity contribution in [1.29, 1.82) is 0 Å². The van der Waals surface area contributed by atoms with Gasteiger partial charge >= 0.3 is 0 Å².